The van der Waals surface area contributed by atoms with Crippen LogP contribution < -0.4 is 14.2 Å². The molecule has 0 bridgehead atoms. The van der Waals surface area contributed by atoms with Gasteiger partial charge in [0.25, 0.3) is 0 Å². The molecule has 4 aromatic rings. The van der Waals surface area contributed by atoms with Crippen LogP contribution in [-0.4, -0.2) is 40.9 Å². The van der Waals surface area contributed by atoms with E-state index in [1.807, 2.05) is 49.4 Å². The lowest BCUT2D eigenvalue weighted by atomic mass is 10.1. The number of rotatable bonds is 5. The lowest BCUT2D eigenvalue weighted by molar-refractivity contribution is 0.324. The first-order valence-corrected chi connectivity index (χ1v) is 8.74. The largest absolute Gasteiger partial charge is 0.493 e. The molecule has 0 aliphatic rings. The smallest absolute Gasteiger partial charge is 0.203 e. The molecule has 0 unspecified atom stereocenters. The Balaban J connectivity index is 1.89. The number of hydrogen-bond acceptors (Lipinski definition) is 6. The van der Waals surface area contributed by atoms with Gasteiger partial charge in [0.05, 0.1) is 21.3 Å². The molecule has 142 valence electrons. The average Bonchev–Trinajstić information content (AvgIpc) is 3.17. The molecule has 0 amide bonds. The molecule has 0 aliphatic carbocycles. The Hall–Kier alpha value is -3.61. The van der Waals surface area contributed by atoms with Gasteiger partial charge in [-0.25, -0.2) is 9.97 Å². The van der Waals surface area contributed by atoms with Crippen molar-refractivity contribution in [3.8, 4) is 40.0 Å². The molecule has 7 nitrogen and oxygen atoms in total. The Morgan fingerprint density at radius 2 is 1.50 bits per heavy atom. The Morgan fingerprint density at radius 3 is 2.11 bits per heavy atom. The average molecular weight is 376 g/mol. The standard InChI is InChI=1S/C21H20N4O3/c1-13-5-7-14(8-6-13)20-23-18-9-10-22-21(25(18)24-20)15-11-16(26-2)19(28-4)17(12-15)27-3/h5-12H,1-4H3. The number of nitrogens with zero attached hydrogens (tertiary/aromatic N) is 4. The van der Waals surface area contributed by atoms with Crippen LogP contribution in [0.1, 0.15) is 5.56 Å². The van der Waals surface area contributed by atoms with Gasteiger partial charge in [0.2, 0.25) is 5.75 Å². The summed E-state index contributed by atoms with van der Waals surface area (Å²) in [5.74, 6) is 2.90. The zero-order chi connectivity index (χ0) is 19.7. The van der Waals surface area contributed by atoms with Crippen LogP contribution >= 0.6 is 0 Å². The van der Waals surface area contributed by atoms with Crippen LogP contribution in [0.25, 0.3) is 28.4 Å². The lowest BCUT2D eigenvalue weighted by Crippen LogP contribution is -2.00. The van der Waals surface area contributed by atoms with E-state index in [9.17, 15) is 0 Å². The molecule has 28 heavy (non-hydrogen) atoms. The molecular formula is C21H20N4O3. The van der Waals surface area contributed by atoms with Gasteiger partial charge in [-0.05, 0) is 19.1 Å². The summed E-state index contributed by atoms with van der Waals surface area (Å²) in [6, 6.07) is 13.6. The molecule has 0 radical (unpaired) electrons. The molecule has 2 aromatic heterocycles. The zero-order valence-electron chi connectivity index (χ0n) is 16.1. The summed E-state index contributed by atoms with van der Waals surface area (Å²) >= 11 is 0. The van der Waals surface area contributed by atoms with Crippen LogP contribution in [0.4, 0.5) is 0 Å². The summed E-state index contributed by atoms with van der Waals surface area (Å²) in [5.41, 5.74) is 3.62. The number of methoxy groups -OCH3 is 3. The van der Waals surface area contributed by atoms with Gasteiger partial charge in [-0.1, -0.05) is 29.8 Å². The number of aromatic nitrogens is 4. The second kappa shape index (κ2) is 7.19. The van der Waals surface area contributed by atoms with Gasteiger partial charge in [-0.15, -0.1) is 5.10 Å². The fourth-order valence-corrected chi connectivity index (χ4v) is 3.05. The van der Waals surface area contributed by atoms with Crippen LogP contribution in [0, 0.1) is 6.92 Å². The molecule has 0 fully saturated rings. The molecule has 4 rings (SSSR count). The molecule has 2 aromatic carbocycles. The first-order valence-electron chi connectivity index (χ1n) is 8.74. The Labute approximate surface area is 162 Å². The molecule has 0 aliphatic heterocycles. The fourth-order valence-electron chi connectivity index (χ4n) is 3.05. The van der Waals surface area contributed by atoms with Gasteiger partial charge in [-0.3, -0.25) is 0 Å². The van der Waals surface area contributed by atoms with Crippen molar-refractivity contribution < 1.29 is 14.2 Å². The van der Waals surface area contributed by atoms with Crippen LogP contribution in [0.2, 0.25) is 0 Å². The summed E-state index contributed by atoms with van der Waals surface area (Å²) in [4.78, 5) is 9.16. The van der Waals surface area contributed by atoms with E-state index >= 15 is 0 Å². The molecule has 0 saturated carbocycles. The maximum Gasteiger partial charge on any atom is 0.203 e. The van der Waals surface area contributed by atoms with Crippen LogP contribution in [0.3, 0.4) is 0 Å². The minimum absolute atomic E-state index is 0.528. The highest BCUT2D eigenvalue weighted by Crippen LogP contribution is 2.40. The molecule has 0 saturated heterocycles. The van der Waals surface area contributed by atoms with E-state index in [4.69, 9.17) is 14.2 Å². The number of benzene rings is 2. The van der Waals surface area contributed by atoms with Gasteiger partial charge >= 0.3 is 0 Å². The predicted molar refractivity (Wildman–Crippen MR) is 106 cm³/mol. The second-order valence-corrected chi connectivity index (χ2v) is 6.25. The van der Waals surface area contributed by atoms with E-state index < -0.39 is 0 Å². The summed E-state index contributed by atoms with van der Waals surface area (Å²) in [6.07, 6.45) is 1.71. The van der Waals surface area contributed by atoms with Crippen LogP contribution in [0.15, 0.2) is 48.7 Å². The lowest BCUT2D eigenvalue weighted by Gasteiger charge is -2.14. The third kappa shape index (κ3) is 3.00. The van der Waals surface area contributed by atoms with Crippen molar-refractivity contribution in [1.29, 1.82) is 0 Å². The number of fused-ring (bicyclic) bond motifs is 1. The van der Waals surface area contributed by atoms with E-state index in [1.54, 1.807) is 32.0 Å². The first-order chi connectivity index (χ1) is 13.6. The van der Waals surface area contributed by atoms with Crippen molar-refractivity contribution in [3.63, 3.8) is 0 Å². The van der Waals surface area contributed by atoms with E-state index in [0.717, 1.165) is 11.1 Å². The molecule has 0 spiro atoms. The number of hydrogen-bond donors (Lipinski definition) is 0. The van der Waals surface area contributed by atoms with E-state index in [-0.39, 0.29) is 0 Å². The molecule has 2 heterocycles. The highest BCUT2D eigenvalue weighted by atomic mass is 16.5. The number of ether oxygens (including phenoxy) is 3. The van der Waals surface area contributed by atoms with Crippen molar-refractivity contribution in [2.45, 2.75) is 6.92 Å². The van der Waals surface area contributed by atoms with Crippen molar-refractivity contribution in [3.05, 3.63) is 54.2 Å². The van der Waals surface area contributed by atoms with Gasteiger partial charge < -0.3 is 14.2 Å². The summed E-state index contributed by atoms with van der Waals surface area (Å²) in [7, 11) is 4.74. The number of aryl methyl sites for hydroxylation is 1. The van der Waals surface area contributed by atoms with E-state index in [1.165, 1.54) is 5.56 Å². The van der Waals surface area contributed by atoms with Crippen molar-refractivity contribution in [2.75, 3.05) is 21.3 Å². The third-order valence-electron chi connectivity index (χ3n) is 4.49. The molecule has 7 heteroatoms. The van der Waals surface area contributed by atoms with Gasteiger partial charge in [0.15, 0.2) is 28.8 Å². The fraction of sp³-hybridized carbons (Fsp3) is 0.190. The van der Waals surface area contributed by atoms with Crippen molar-refractivity contribution >= 4 is 5.65 Å². The Bertz CT molecular complexity index is 1110. The van der Waals surface area contributed by atoms with E-state index in [0.29, 0.717) is 34.5 Å². The van der Waals surface area contributed by atoms with E-state index in [2.05, 4.69) is 15.1 Å². The SMILES string of the molecule is COc1cc(-c2nccc3nc(-c4ccc(C)cc4)nn23)cc(OC)c1OC. The van der Waals surface area contributed by atoms with Gasteiger partial charge in [0.1, 0.15) is 0 Å². The maximum atomic E-state index is 5.46. The Morgan fingerprint density at radius 1 is 0.821 bits per heavy atom. The van der Waals surface area contributed by atoms with Crippen molar-refractivity contribution in [1.82, 2.24) is 19.6 Å². The first kappa shape index (κ1) is 17.8. The summed E-state index contributed by atoms with van der Waals surface area (Å²) < 4.78 is 18.0. The predicted octanol–water partition coefficient (Wildman–Crippen LogP) is 3.79. The maximum absolute atomic E-state index is 5.46. The zero-order valence-corrected chi connectivity index (χ0v) is 16.1. The van der Waals surface area contributed by atoms with Gasteiger partial charge in [0, 0.05) is 23.4 Å². The second-order valence-electron chi connectivity index (χ2n) is 6.25. The topological polar surface area (TPSA) is 70.8 Å². The normalized spacial score (nSPS) is 10.9. The molecular weight excluding hydrogens is 356 g/mol. The highest BCUT2D eigenvalue weighted by Gasteiger charge is 2.17. The third-order valence-corrected chi connectivity index (χ3v) is 4.49. The summed E-state index contributed by atoms with van der Waals surface area (Å²) in [6.45, 7) is 2.05. The minimum Gasteiger partial charge on any atom is -0.493 e. The molecule has 0 N–H and O–H groups in total. The minimum atomic E-state index is 0.528. The quantitative estimate of drug-likeness (QED) is 0.528. The monoisotopic (exact) mass is 376 g/mol. The van der Waals surface area contributed by atoms with Crippen molar-refractivity contribution in [2.24, 2.45) is 0 Å². The highest BCUT2D eigenvalue weighted by molar-refractivity contribution is 5.69. The van der Waals surface area contributed by atoms with Crippen LogP contribution in [0.5, 0.6) is 17.2 Å². The Kier molecular flexibility index (Phi) is 4.57. The van der Waals surface area contributed by atoms with Crippen LogP contribution in [-0.2, 0) is 0 Å². The summed E-state index contributed by atoms with van der Waals surface area (Å²) in [5, 5.41) is 4.67. The molecule has 0 atom stereocenters. The van der Waals surface area contributed by atoms with Gasteiger partial charge in [-0.2, -0.15) is 4.52 Å².